The summed E-state index contributed by atoms with van der Waals surface area (Å²) >= 11 is 0. The number of primary sulfonamides is 1. The number of carbonyl (C=O) groups excluding carboxylic acids is 4. The second-order valence-electron chi connectivity index (χ2n) is 8.25. The summed E-state index contributed by atoms with van der Waals surface area (Å²) in [5.41, 5.74) is 0.539. The Morgan fingerprint density at radius 1 is 0.947 bits per heavy atom. The van der Waals surface area contributed by atoms with E-state index in [1.54, 1.807) is 6.07 Å². The van der Waals surface area contributed by atoms with Crippen molar-refractivity contribution in [2.75, 3.05) is 6.61 Å². The molecule has 0 unspecified atom stereocenters. The summed E-state index contributed by atoms with van der Waals surface area (Å²) in [7, 11) is -3.99. The maximum atomic E-state index is 12.0. The third-order valence-electron chi connectivity index (χ3n) is 5.20. The molecule has 1 aromatic carbocycles. The Hall–Kier alpha value is -3.89. The second-order valence-corrected chi connectivity index (χ2v) is 9.81. The van der Waals surface area contributed by atoms with E-state index < -0.39 is 71.2 Å². The number of rotatable bonds is 8. The van der Waals surface area contributed by atoms with Gasteiger partial charge in [0.1, 0.15) is 18.4 Å². The Kier molecular flexibility index (Phi) is 8.80. The van der Waals surface area contributed by atoms with Crippen LogP contribution in [0.2, 0.25) is 0 Å². The summed E-state index contributed by atoms with van der Waals surface area (Å²) < 4.78 is 51.8. The lowest BCUT2D eigenvalue weighted by Crippen LogP contribution is -2.60. The molecule has 1 aliphatic rings. The van der Waals surface area contributed by atoms with Crippen molar-refractivity contribution >= 4 is 33.9 Å². The Labute approximate surface area is 217 Å². The van der Waals surface area contributed by atoms with Crippen LogP contribution in [0, 0.1) is 0 Å². The Morgan fingerprint density at radius 3 is 2.13 bits per heavy atom. The normalized spacial score (nSPS) is 23.2. The number of sulfonamides is 1. The van der Waals surface area contributed by atoms with Crippen LogP contribution in [0.5, 0.6) is 0 Å². The maximum absolute atomic E-state index is 12.0. The molecule has 2 heterocycles. The highest BCUT2D eigenvalue weighted by Crippen LogP contribution is 2.35. The van der Waals surface area contributed by atoms with Crippen molar-refractivity contribution in [3.8, 4) is 11.3 Å². The number of carbonyl (C=O) groups is 4. The number of ether oxygens (including phenoxy) is 5. The predicted molar refractivity (Wildman–Crippen MR) is 124 cm³/mol. The number of hydrogen-bond donors (Lipinski definition) is 1. The van der Waals surface area contributed by atoms with Crippen molar-refractivity contribution in [2.24, 2.45) is 5.14 Å². The zero-order valence-electron chi connectivity index (χ0n) is 20.8. The Bertz CT molecular complexity index is 1330. The minimum atomic E-state index is -3.99. The van der Waals surface area contributed by atoms with Crippen molar-refractivity contribution in [3.63, 3.8) is 0 Å². The smallest absolute Gasteiger partial charge is 0.303 e. The summed E-state index contributed by atoms with van der Waals surface area (Å²) in [6.07, 6.45) is -5.23. The van der Waals surface area contributed by atoms with E-state index in [2.05, 4.69) is 10.3 Å². The first kappa shape index (κ1) is 28.7. The molecule has 0 bridgehead atoms. The van der Waals surface area contributed by atoms with E-state index in [1.165, 1.54) is 24.4 Å². The molecule has 38 heavy (non-hydrogen) atoms. The van der Waals surface area contributed by atoms with Crippen molar-refractivity contribution in [1.82, 2.24) is 15.0 Å². The largest absolute Gasteiger partial charge is 0.463 e. The number of hydrogen-bond acceptors (Lipinski definition) is 13. The SMILES string of the molecule is CC(=O)OC[C@H]1O[C@@H](n2cc(-c3cccc(S(N)(=O)=O)c3)nn2)[C@H](OC(C)=O)[C@@H](OC(C)=O)[C@@H]1OC(C)=O. The van der Waals surface area contributed by atoms with E-state index in [-0.39, 0.29) is 10.6 Å². The fourth-order valence-electron chi connectivity index (χ4n) is 3.78. The van der Waals surface area contributed by atoms with Gasteiger partial charge in [0.25, 0.3) is 0 Å². The fraction of sp³-hybridized carbons (Fsp3) is 0.455. The van der Waals surface area contributed by atoms with Gasteiger partial charge in [-0.15, -0.1) is 5.10 Å². The van der Waals surface area contributed by atoms with Gasteiger partial charge in [-0.25, -0.2) is 18.2 Å². The third kappa shape index (κ3) is 7.11. The van der Waals surface area contributed by atoms with E-state index in [4.69, 9.17) is 28.8 Å². The molecule has 0 saturated carbocycles. The Balaban J connectivity index is 2.07. The van der Waals surface area contributed by atoms with Crippen LogP contribution in [-0.2, 0) is 52.9 Å². The molecule has 5 atom stereocenters. The molecule has 16 heteroatoms. The summed E-state index contributed by atoms with van der Waals surface area (Å²) in [6, 6.07) is 5.62. The topological polar surface area (TPSA) is 205 Å². The first-order valence-electron chi connectivity index (χ1n) is 11.1. The van der Waals surface area contributed by atoms with E-state index in [0.29, 0.717) is 5.56 Å². The zero-order valence-corrected chi connectivity index (χ0v) is 21.6. The van der Waals surface area contributed by atoms with Crippen LogP contribution in [0.15, 0.2) is 35.4 Å². The number of nitrogens with zero attached hydrogens (tertiary/aromatic N) is 3. The molecule has 15 nitrogen and oxygen atoms in total. The molecule has 3 rings (SSSR count). The van der Waals surface area contributed by atoms with Crippen molar-refractivity contribution in [1.29, 1.82) is 0 Å². The number of benzene rings is 1. The minimum Gasteiger partial charge on any atom is -0.463 e. The van der Waals surface area contributed by atoms with Gasteiger partial charge in [0.05, 0.1) is 11.1 Å². The monoisotopic (exact) mass is 554 g/mol. The molecular weight excluding hydrogens is 528 g/mol. The zero-order chi connectivity index (χ0) is 28.2. The molecule has 2 aromatic rings. The Morgan fingerprint density at radius 2 is 1.55 bits per heavy atom. The molecule has 0 aliphatic carbocycles. The minimum absolute atomic E-state index is 0.156. The highest BCUT2D eigenvalue weighted by atomic mass is 32.2. The molecule has 1 fully saturated rings. The molecule has 206 valence electrons. The highest BCUT2D eigenvalue weighted by Gasteiger charge is 2.53. The molecule has 2 N–H and O–H groups in total. The number of aromatic nitrogens is 3. The van der Waals surface area contributed by atoms with Gasteiger partial charge >= 0.3 is 23.9 Å². The lowest BCUT2D eigenvalue weighted by molar-refractivity contribution is -0.270. The molecule has 0 spiro atoms. The third-order valence-corrected chi connectivity index (χ3v) is 6.11. The van der Waals surface area contributed by atoms with E-state index in [9.17, 15) is 27.6 Å². The van der Waals surface area contributed by atoms with Crippen LogP contribution in [-0.4, -0.2) is 78.3 Å². The van der Waals surface area contributed by atoms with Crippen LogP contribution in [0.25, 0.3) is 11.3 Å². The maximum Gasteiger partial charge on any atom is 0.303 e. The first-order chi connectivity index (χ1) is 17.8. The van der Waals surface area contributed by atoms with Gasteiger partial charge in [-0.1, -0.05) is 17.3 Å². The summed E-state index contributed by atoms with van der Waals surface area (Å²) in [5, 5.41) is 13.2. The standard InChI is InChI=1S/C22H26N4O11S/c1-11(27)33-10-18-19(34-12(2)28)20(35-13(3)29)21(36-14(4)30)22(37-18)26-9-17(24-25-26)15-6-5-7-16(8-15)38(23,31)32/h5-9,18-22H,10H2,1-4H3,(H2,23,31,32)/t18-,19-,20+,21-,22-/m1/s1. The van der Waals surface area contributed by atoms with Crippen molar-refractivity contribution in [3.05, 3.63) is 30.5 Å². The van der Waals surface area contributed by atoms with Gasteiger partial charge in [-0.3, -0.25) is 19.2 Å². The number of esters is 4. The second kappa shape index (κ2) is 11.7. The average Bonchev–Trinajstić information content (AvgIpc) is 3.29. The van der Waals surface area contributed by atoms with Crippen LogP contribution < -0.4 is 5.14 Å². The van der Waals surface area contributed by atoms with Gasteiger partial charge in [0.2, 0.25) is 10.0 Å². The van der Waals surface area contributed by atoms with E-state index in [1.807, 2.05) is 0 Å². The summed E-state index contributed by atoms with van der Waals surface area (Å²) in [4.78, 5) is 47.1. The lowest BCUT2D eigenvalue weighted by Gasteiger charge is -2.44. The van der Waals surface area contributed by atoms with Crippen LogP contribution in [0.4, 0.5) is 0 Å². The fourth-order valence-corrected chi connectivity index (χ4v) is 4.34. The van der Waals surface area contributed by atoms with Crippen LogP contribution in [0.3, 0.4) is 0 Å². The quantitative estimate of drug-likeness (QED) is 0.333. The van der Waals surface area contributed by atoms with Gasteiger partial charge < -0.3 is 23.7 Å². The van der Waals surface area contributed by atoms with Gasteiger partial charge in [-0.2, -0.15) is 0 Å². The highest BCUT2D eigenvalue weighted by molar-refractivity contribution is 7.89. The molecule has 1 saturated heterocycles. The average molecular weight is 555 g/mol. The first-order valence-corrected chi connectivity index (χ1v) is 12.7. The van der Waals surface area contributed by atoms with Crippen molar-refractivity contribution < 1.29 is 51.3 Å². The van der Waals surface area contributed by atoms with Gasteiger partial charge in [0.15, 0.2) is 24.5 Å². The molecule has 1 aliphatic heterocycles. The van der Waals surface area contributed by atoms with E-state index in [0.717, 1.165) is 32.4 Å². The van der Waals surface area contributed by atoms with Gasteiger partial charge in [0, 0.05) is 33.3 Å². The predicted octanol–water partition coefficient (Wildman–Crippen LogP) is -0.152. The van der Waals surface area contributed by atoms with Gasteiger partial charge in [-0.05, 0) is 12.1 Å². The van der Waals surface area contributed by atoms with Crippen LogP contribution in [0.1, 0.15) is 33.9 Å². The van der Waals surface area contributed by atoms with Crippen molar-refractivity contribution in [2.45, 2.75) is 63.2 Å². The molecule has 0 amide bonds. The number of nitrogens with two attached hydrogens (primary N) is 1. The van der Waals surface area contributed by atoms with E-state index >= 15 is 0 Å². The molecule has 0 radical (unpaired) electrons. The molecular formula is C22H26N4O11S. The van der Waals surface area contributed by atoms with Crippen LogP contribution >= 0.6 is 0 Å². The summed E-state index contributed by atoms with van der Waals surface area (Å²) in [5.74, 6) is -2.98. The molecule has 1 aromatic heterocycles. The summed E-state index contributed by atoms with van der Waals surface area (Å²) in [6.45, 7) is 4.07. The lowest BCUT2D eigenvalue weighted by atomic mass is 9.97.